The summed E-state index contributed by atoms with van der Waals surface area (Å²) in [6.07, 6.45) is -7.05. The van der Waals surface area contributed by atoms with Gasteiger partial charge < -0.3 is 59.1 Å². The normalized spacial score (nSPS) is 48.9. The largest absolute Gasteiger partial charge is 0.394 e. The van der Waals surface area contributed by atoms with Crippen LogP contribution in [0.15, 0.2) is 0 Å². The average molecular weight is 551 g/mol. The van der Waals surface area contributed by atoms with Gasteiger partial charge >= 0.3 is 0 Å². The Bertz CT molecular complexity index is 714. The highest BCUT2D eigenvalue weighted by Gasteiger charge is 2.51. The van der Waals surface area contributed by atoms with E-state index in [9.17, 15) is 30.6 Å². The maximum absolute atomic E-state index is 10.9. The second-order valence-electron chi connectivity index (χ2n) is 11.0. The van der Waals surface area contributed by atoms with Crippen LogP contribution in [0, 0.1) is 5.92 Å². The van der Waals surface area contributed by atoms with Crippen LogP contribution in [0.4, 0.5) is 0 Å². The fourth-order valence-corrected chi connectivity index (χ4v) is 6.05. The van der Waals surface area contributed by atoms with Gasteiger partial charge in [-0.15, -0.1) is 0 Å². The van der Waals surface area contributed by atoms with E-state index in [1.54, 1.807) is 6.92 Å². The smallest absolute Gasteiger partial charge is 0.187 e. The Morgan fingerprint density at radius 3 is 2.24 bits per heavy atom. The SMILES string of the molecule is CC[C@@H]1CCC[C@@H](O[C@@H]2OC(CO)[C@H](O)C3O[C@@H](CO)CCCCOC32)C1O[C@@H]1OC(C)[C@@H](O)C(O)[C@@H]1O. The molecule has 12 nitrogen and oxygen atoms in total. The number of hydrogen-bond acceptors (Lipinski definition) is 12. The fraction of sp³-hybridized carbons (Fsp3) is 1.00. The lowest BCUT2D eigenvalue weighted by atomic mass is 9.82. The van der Waals surface area contributed by atoms with E-state index in [4.69, 9.17) is 28.4 Å². The van der Waals surface area contributed by atoms with Crippen molar-refractivity contribution in [2.75, 3.05) is 19.8 Å². The minimum atomic E-state index is -1.44. The van der Waals surface area contributed by atoms with Crippen molar-refractivity contribution in [2.45, 2.75) is 139 Å². The van der Waals surface area contributed by atoms with Crippen molar-refractivity contribution >= 4 is 0 Å². The summed E-state index contributed by atoms with van der Waals surface area (Å²) < 4.78 is 36.7. The van der Waals surface area contributed by atoms with Crippen LogP contribution >= 0.6 is 0 Å². The predicted molar refractivity (Wildman–Crippen MR) is 131 cm³/mol. The third-order valence-electron chi connectivity index (χ3n) is 8.41. The fourth-order valence-electron chi connectivity index (χ4n) is 6.05. The van der Waals surface area contributed by atoms with Crippen molar-refractivity contribution in [1.29, 1.82) is 0 Å². The van der Waals surface area contributed by atoms with Crippen LogP contribution in [0.1, 0.15) is 58.8 Å². The number of fused-ring (bicyclic) bond motifs is 1. The van der Waals surface area contributed by atoms with Crippen LogP contribution in [0.3, 0.4) is 0 Å². The molecule has 12 heteroatoms. The summed E-state index contributed by atoms with van der Waals surface area (Å²) in [5, 5.41) is 61.6. The number of rotatable bonds is 7. The van der Waals surface area contributed by atoms with Crippen molar-refractivity contribution in [1.82, 2.24) is 0 Å². The van der Waals surface area contributed by atoms with E-state index in [-0.39, 0.29) is 12.5 Å². The first kappa shape index (κ1) is 30.5. The Morgan fingerprint density at radius 1 is 0.737 bits per heavy atom. The predicted octanol–water partition coefficient (Wildman–Crippen LogP) is -0.812. The van der Waals surface area contributed by atoms with E-state index < -0.39 is 86.3 Å². The molecule has 3 heterocycles. The van der Waals surface area contributed by atoms with E-state index in [0.717, 1.165) is 32.1 Å². The average Bonchev–Trinajstić information content (AvgIpc) is 3.03. The first-order valence-electron chi connectivity index (χ1n) is 14.1. The molecule has 14 atom stereocenters. The molecule has 4 aliphatic rings. The zero-order chi connectivity index (χ0) is 27.4. The molecule has 0 spiro atoms. The molecule has 1 aliphatic carbocycles. The summed E-state index contributed by atoms with van der Waals surface area (Å²) in [5.41, 5.74) is 0. The Hall–Kier alpha value is -0.480. The van der Waals surface area contributed by atoms with Crippen LogP contribution in [-0.2, 0) is 28.4 Å². The lowest BCUT2D eigenvalue weighted by Crippen LogP contribution is -2.63. The van der Waals surface area contributed by atoms with Gasteiger partial charge in [-0.2, -0.15) is 0 Å². The van der Waals surface area contributed by atoms with Gasteiger partial charge in [-0.05, 0) is 44.9 Å². The molecule has 3 saturated heterocycles. The van der Waals surface area contributed by atoms with Crippen molar-refractivity contribution in [3.8, 4) is 0 Å². The highest BCUT2D eigenvalue weighted by molar-refractivity contribution is 4.95. The first-order chi connectivity index (χ1) is 18.3. The van der Waals surface area contributed by atoms with Gasteiger partial charge in [0.2, 0.25) is 0 Å². The molecule has 0 radical (unpaired) electrons. The Labute approximate surface area is 223 Å². The highest BCUT2D eigenvalue weighted by Crippen LogP contribution is 2.37. The van der Waals surface area contributed by atoms with Gasteiger partial charge in [0.25, 0.3) is 0 Å². The zero-order valence-corrected chi connectivity index (χ0v) is 22.3. The van der Waals surface area contributed by atoms with Crippen LogP contribution in [-0.4, -0.2) is 130 Å². The third kappa shape index (κ3) is 6.69. The van der Waals surface area contributed by atoms with Crippen LogP contribution < -0.4 is 0 Å². The van der Waals surface area contributed by atoms with Crippen molar-refractivity contribution in [2.24, 2.45) is 5.92 Å². The topological polar surface area (TPSA) is 177 Å². The first-order valence-corrected chi connectivity index (χ1v) is 14.1. The highest BCUT2D eigenvalue weighted by atomic mass is 16.7. The summed E-state index contributed by atoms with van der Waals surface area (Å²) in [7, 11) is 0. The lowest BCUT2D eigenvalue weighted by molar-refractivity contribution is -0.353. The summed E-state index contributed by atoms with van der Waals surface area (Å²) >= 11 is 0. The molecule has 38 heavy (non-hydrogen) atoms. The van der Waals surface area contributed by atoms with Crippen molar-refractivity contribution < 1.29 is 59.1 Å². The number of ether oxygens (including phenoxy) is 6. The molecular formula is C26H46O12. The minimum absolute atomic E-state index is 0.0685. The van der Waals surface area contributed by atoms with E-state index in [2.05, 4.69) is 0 Å². The van der Waals surface area contributed by atoms with Gasteiger partial charge in [0.15, 0.2) is 12.6 Å². The molecule has 4 rings (SSSR count). The maximum atomic E-state index is 10.9. The van der Waals surface area contributed by atoms with Crippen molar-refractivity contribution in [3.05, 3.63) is 0 Å². The maximum Gasteiger partial charge on any atom is 0.187 e. The zero-order valence-electron chi connectivity index (χ0n) is 22.3. The van der Waals surface area contributed by atoms with Gasteiger partial charge in [-0.1, -0.05) is 19.8 Å². The molecule has 3 aliphatic heterocycles. The van der Waals surface area contributed by atoms with E-state index >= 15 is 0 Å². The minimum Gasteiger partial charge on any atom is -0.394 e. The lowest BCUT2D eigenvalue weighted by Gasteiger charge is -2.48. The van der Waals surface area contributed by atoms with Gasteiger partial charge in [-0.3, -0.25) is 0 Å². The van der Waals surface area contributed by atoms with Crippen molar-refractivity contribution in [3.63, 3.8) is 0 Å². The van der Waals surface area contributed by atoms with E-state index in [0.29, 0.717) is 19.4 Å². The molecule has 0 aromatic carbocycles. The Balaban J connectivity index is 1.54. The number of aliphatic hydroxyl groups excluding tert-OH is 6. The quantitative estimate of drug-likeness (QED) is 0.233. The molecule has 6 unspecified atom stereocenters. The van der Waals surface area contributed by atoms with E-state index in [1.807, 2.05) is 6.92 Å². The standard InChI is InChI=1S/C26H46O12/c1-3-14-7-6-9-16(22(14)38-25-21(32)20(31)18(29)13(2)34-25)36-26-24-23(19(30)17(12-28)37-26)35-15(11-27)8-4-5-10-33-24/h13-32H,3-12H2,1-2H3/t13?,14-,15-,16-,17?,18-,19+,20?,21+,22?,23?,24?,25+,26-/m1/s1. The second kappa shape index (κ2) is 13.9. The molecule has 0 aromatic rings. The molecule has 0 bridgehead atoms. The molecule has 222 valence electrons. The molecular weight excluding hydrogens is 504 g/mol. The van der Waals surface area contributed by atoms with Crippen LogP contribution in [0.5, 0.6) is 0 Å². The monoisotopic (exact) mass is 550 g/mol. The summed E-state index contributed by atoms with van der Waals surface area (Å²) in [6.45, 7) is 3.38. The molecule has 0 amide bonds. The van der Waals surface area contributed by atoms with Crippen LogP contribution in [0.2, 0.25) is 0 Å². The number of hydrogen-bond donors (Lipinski definition) is 6. The van der Waals surface area contributed by atoms with Gasteiger partial charge in [0.1, 0.15) is 42.7 Å². The van der Waals surface area contributed by atoms with E-state index in [1.165, 1.54) is 0 Å². The molecule has 0 aromatic heterocycles. The number of aliphatic hydroxyl groups is 6. The Morgan fingerprint density at radius 2 is 1.53 bits per heavy atom. The summed E-state index contributed by atoms with van der Waals surface area (Å²) in [4.78, 5) is 0. The Kier molecular flexibility index (Phi) is 11.2. The second-order valence-corrected chi connectivity index (χ2v) is 11.0. The molecule has 1 saturated carbocycles. The third-order valence-corrected chi connectivity index (χ3v) is 8.41. The molecule has 6 N–H and O–H groups in total. The molecule has 4 fully saturated rings. The van der Waals surface area contributed by atoms with Crippen LogP contribution in [0.25, 0.3) is 0 Å². The van der Waals surface area contributed by atoms with Gasteiger partial charge in [-0.25, -0.2) is 0 Å². The van der Waals surface area contributed by atoms with Gasteiger partial charge in [0, 0.05) is 6.61 Å². The van der Waals surface area contributed by atoms with Gasteiger partial charge in [0.05, 0.1) is 37.6 Å². The summed E-state index contributed by atoms with van der Waals surface area (Å²) in [5.74, 6) is 0.0685. The summed E-state index contributed by atoms with van der Waals surface area (Å²) in [6, 6.07) is 0.